The maximum atomic E-state index is 12.9. The molecule has 8 heteroatoms. The van der Waals surface area contributed by atoms with E-state index in [0.717, 1.165) is 69.4 Å². The lowest BCUT2D eigenvalue weighted by molar-refractivity contribution is 0.0714. The minimum absolute atomic E-state index is 0.0952. The van der Waals surface area contributed by atoms with Gasteiger partial charge in [0.1, 0.15) is 11.5 Å². The largest absolute Gasteiger partial charge is 0.360 e. The van der Waals surface area contributed by atoms with Gasteiger partial charge >= 0.3 is 0 Å². The van der Waals surface area contributed by atoms with Crippen LogP contribution in [0.25, 0.3) is 0 Å². The van der Waals surface area contributed by atoms with Gasteiger partial charge in [-0.15, -0.1) is 0 Å². The molecule has 3 heterocycles. The Labute approximate surface area is 151 Å². The van der Waals surface area contributed by atoms with Crippen molar-refractivity contribution in [1.29, 1.82) is 0 Å². The molecule has 138 valence electrons. The van der Waals surface area contributed by atoms with Crippen molar-refractivity contribution in [3.05, 3.63) is 28.9 Å². The molecule has 26 heavy (non-hydrogen) atoms. The molecule has 2 aromatic heterocycles. The van der Waals surface area contributed by atoms with Gasteiger partial charge in [-0.25, -0.2) is 0 Å². The van der Waals surface area contributed by atoms with Gasteiger partial charge in [-0.05, 0) is 38.5 Å². The zero-order valence-electron chi connectivity index (χ0n) is 15.0. The second-order valence-corrected chi connectivity index (χ2v) is 6.98. The molecular formula is C18H23N5O3. The number of carbonyl (C=O) groups excluding carboxylic acids is 2. The minimum atomic E-state index is -0.349. The molecule has 2 aliphatic rings. The Hall–Kier alpha value is -2.64. The summed E-state index contributed by atoms with van der Waals surface area (Å²) in [6, 6.07) is 0. The molecule has 4 rings (SSSR count). The number of amides is 2. The van der Waals surface area contributed by atoms with Crippen LogP contribution in [-0.2, 0) is 19.9 Å². The van der Waals surface area contributed by atoms with E-state index in [1.54, 1.807) is 7.05 Å². The highest BCUT2D eigenvalue weighted by atomic mass is 16.5. The van der Waals surface area contributed by atoms with Crippen molar-refractivity contribution in [2.45, 2.75) is 44.9 Å². The molecule has 2 aromatic rings. The third-order valence-electron chi connectivity index (χ3n) is 5.20. The van der Waals surface area contributed by atoms with E-state index in [9.17, 15) is 9.59 Å². The highest BCUT2D eigenvalue weighted by Crippen LogP contribution is 2.26. The lowest BCUT2D eigenvalue weighted by Gasteiger charge is -2.27. The number of nitrogens with zero attached hydrogens (tertiary/aromatic N) is 4. The van der Waals surface area contributed by atoms with E-state index >= 15 is 0 Å². The van der Waals surface area contributed by atoms with Gasteiger partial charge in [0.05, 0.1) is 11.9 Å². The average Bonchev–Trinajstić information content (AvgIpc) is 3.25. The van der Waals surface area contributed by atoms with Crippen LogP contribution in [0.15, 0.2) is 10.7 Å². The Kier molecular flexibility index (Phi) is 4.48. The fourth-order valence-corrected chi connectivity index (χ4v) is 3.77. The van der Waals surface area contributed by atoms with Crippen molar-refractivity contribution in [1.82, 2.24) is 19.8 Å². The molecule has 0 atom stereocenters. The van der Waals surface area contributed by atoms with E-state index in [0.29, 0.717) is 17.1 Å². The summed E-state index contributed by atoms with van der Waals surface area (Å²) in [6.45, 7) is 1.49. The van der Waals surface area contributed by atoms with Crippen LogP contribution in [-0.4, -0.2) is 44.7 Å². The number of hydrogen-bond acceptors (Lipinski definition) is 5. The summed E-state index contributed by atoms with van der Waals surface area (Å²) < 4.78 is 6.84. The summed E-state index contributed by atoms with van der Waals surface area (Å²) >= 11 is 0. The first-order chi connectivity index (χ1) is 12.6. The van der Waals surface area contributed by atoms with Crippen molar-refractivity contribution in [3.8, 4) is 0 Å². The van der Waals surface area contributed by atoms with Crippen LogP contribution < -0.4 is 5.32 Å². The van der Waals surface area contributed by atoms with E-state index in [-0.39, 0.29) is 11.8 Å². The third kappa shape index (κ3) is 3.00. The molecule has 1 aliphatic heterocycles. The van der Waals surface area contributed by atoms with Crippen molar-refractivity contribution < 1.29 is 14.1 Å². The fraction of sp³-hybridized carbons (Fsp3) is 0.556. The first-order valence-corrected chi connectivity index (χ1v) is 9.25. The number of rotatable bonds is 3. The molecule has 0 spiro atoms. The smallest absolute Gasteiger partial charge is 0.278 e. The maximum Gasteiger partial charge on any atom is 0.278 e. The van der Waals surface area contributed by atoms with Crippen molar-refractivity contribution in [3.63, 3.8) is 0 Å². The molecule has 0 saturated carbocycles. The van der Waals surface area contributed by atoms with Gasteiger partial charge in [0.15, 0.2) is 5.69 Å². The Morgan fingerprint density at radius 1 is 1.12 bits per heavy atom. The molecule has 0 radical (unpaired) electrons. The minimum Gasteiger partial charge on any atom is -0.360 e. The highest BCUT2D eigenvalue weighted by Gasteiger charge is 2.28. The Morgan fingerprint density at radius 3 is 2.69 bits per heavy atom. The van der Waals surface area contributed by atoms with Crippen LogP contribution in [0.3, 0.4) is 0 Å². The van der Waals surface area contributed by atoms with Crippen LogP contribution in [0.1, 0.15) is 64.4 Å². The molecule has 1 N–H and O–H groups in total. The van der Waals surface area contributed by atoms with Gasteiger partial charge in [0, 0.05) is 32.1 Å². The van der Waals surface area contributed by atoms with Crippen LogP contribution >= 0.6 is 0 Å². The fourth-order valence-electron chi connectivity index (χ4n) is 3.77. The second kappa shape index (κ2) is 6.93. The number of carbonyl (C=O) groups is 2. The molecule has 8 nitrogen and oxygen atoms in total. The molecule has 1 saturated heterocycles. The molecule has 0 unspecified atom stereocenters. The van der Waals surface area contributed by atoms with Gasteiger partial charge in [-0.3, -0.25) is 14.3 Å². The van der Waals surface area contributed by atoms with E-state index < -0.39 is 0 Å². The zero-order chi connectivity index (χ0) is 18.1. The van der Waals surface area contributed by atoms with E-state index in [2.05, 4.69) is 15.6 Å². The lowest BCUT2D eigenvalue weighted by Crippen LogP contribution is -2.37. The van der Waals surface area contributed by atoms with E-state index in [1.807, 2.05) is 4.90 Å². The van der Waals surface area contributed by atoms with Crippen LogP contribution in [0.2, 0.25) is 0 Å². The summed E-state index contributed by atoms with van der Waals surface area (Å²) in [5.41, 5.74) is 2.03. The zero-order valence-corrected chi connectivity index (χ0v) is 15.0. The number of nitrogens with one attached hydrogen (secondary N) is 1. The second-order valence-electron chi connectivity index (χ2n) is 6.98. The SMILES string of the molecule is Cn1ncc(NC(=O)c2noc3c2CCCC3)c1C(=O)N1CCCCC1. The maximum absolute atomic E-state index is 12.9. The standard InChI is InChI=1S/C18H23N5O3/c1-22-16(18(25)23-9-5-2-6-10-23)13(11-19-22)20-17(24)15-12-7-3-4-8-14(12)26-21-15/h11H,2-10H2,1H3,(H,20,24). The first-order valence-electron chi connectivity index (χ1n) is 9.25. The lowest BCUT2D eigenvalue weighted by atomic mass is 9.96. The summed E-state index contributed by atoms with van der Waals surface area (Å²) in [7, 11) is 1.71. The Morgan fingerprint density at radius 2 is 1.88 bits per heavy atom. The van der Waals surface area contributed by atoms with E-state index in [1.165, 1.54) is 10.9 Å². The molecule has 0 bridgehead atoms. The number of aromatic nitrogens is 3. The number of fused-ring (bicyclic) bond motifs is 1. The van der Waals surface area contributed by atoms with Crippen LogP contribution in [0.4, 0.5) is 5.69 Å². The quantitative estimate of drug-likeness (QED) is 0.909. The summed E-state index contributed by atoms with van der Waals surface area (Å²) in [5.74, 6) is 0.358. The molecule has 1 fully saturated rings. The summed E-state index contributed by atoms with van der Waals surface area (Å²) in [6.07, 6.45) is 8.39. The topological polar surface area (TPSA) is 93.3 Å². The molecule has 0 aromatic carbocycles. The van der Waals surface area contributed by atoms with Crippen molar-refractivity contribution >= 4 is 17.5 Å². The normalized spacial score (nSPS) is 17.0. The average molecular weight is 357 g/mol. The number of likely N-dealkylation sites (tertiary alicyclic amines) is 1. The van der Waals surface area contributed by atoms with Gasteiger partial charge in [0.25, 0.3) is 11.8 Å². The highest BCUT2D eigenvalue weighted by molar-refractivity contribution is 6.08. The Bertz CT molecular complexity index is 832. The van der Waals surface area contributed by atoms with Crippen molar-refractivity contribution in [2.24, 2.45) is 7.05 Å². The van der Waals surface area contributed by atoms with Gasteiger partial charge < -0.3 is 14.7 Å². The molecular weight excluding hydrogens is 334 g/mol. The van der Waals surface area contributed by atoms with Crippen LogP contribution in [0, 0.1) is 0 Å². The predicted molar refractivity (Wildman–Crippen MR) is 94.1 cm³/mol. The molecule has 1 aliphatic carbocycles. The number of piperidine rings is 1. The number of anilines is 1. The first kappa shape index (κ1) is 16.8. The van der Waals surface area contributed by atoms with Gasteiger partial charge in [-0.2, -0.15) is 5.10 Å². The monoisotopic (exact) mass is 357 g/mol. The summed E-state index contributed by atoms with van der Waals surface area (Å²) in [5, 5.41) is 10.9. The Balaban J connectivity index is 1.56. The third-order valence-corrected chi connectivity index (χ3v) is 5.20. The van der Waals surface area contributed by atoms with Crippen LogP contribution in [0.5, 0.6) is 0 Å². The molecule has 2 amide bonds. The summed E-state index contributed by atoms with van der Waals surface area (Å²) in [4.78, 5) is 27.4. The predicted octanol–water partition coefficient (Wildman–Crippen LogP) is 2.17. The van der Waals surface area contributed by atoms with Gasteiger partial charge in [-0.1, -0.05) is 5.16 Å². The number of aryl methyl sites for hydroxylation is 2. The van der Waals surface area contributed by atoms with E-state index in [4.69, 9.17) is 4.52 Å². The van der Waals surface area contributed by atoms with Gasteiger partial charge in [0.2, 0.25) is 0 Å². The number of hydrogen-bond donors (Lipinski definition) is 1. The van der Waals surface area contributed by atoms with Crippen molar-refractivity contribution in [2.75, 3.05) is 18.4 Å².